The molecule has 124 valence electrons. The highest BCUT2D eigenvalue weighted by molar-refractivity contribution is 6.44. The molecular weight excluding hydrogens is 320 g/mol. The first-order valence-electron chi connectivity index (χ1n) is 7.10. The van der Waals surface area contributed by atoms with Crippen LogP contribution in [-0.2, 0) is 16.0 Å². The van der Waals surface area contributed by atoms with Crippen LogP contribution in [0.15, 0.2) is 30.5 Å². The molecule has 3 rings (SSSR count). The number of methoxy groups -OCH3 is 1. The van der Waals surface area contributed by atoms with Crippen molar-refractivity contribution in [3.8, 4) is 5.88 Å². The molecular formula is C16H13F2N3O3. The van der Waals surface area contributed by atoms with Gasteiger partial charge in [0.25, 0.3) is 0 Å². The minimum Gasteiger partial charge on any atom is -0.481 e. The third-order valence-electron chi connectivity index (χ3n) is 3.66. The molecule has 1 aromatic heterocycles. The topological polar surface area (TPSA) is 71.5 Å². The number of nitrogens with one attached hydrogen (secondary N) is 1. The standard InChI is InChI=1S/C16H13F2N3O3/c1-24-14-3-2-10(8-19-14)20-15(22)16(23)21-5-4-11-12(18)6-9(17)7-13(11)21/h2-3,6-8H,4-5H2,1H3,(H,20,22). The lowest BCUT2D eigenvalue weighted by molar-refractivity contribution is -0.134. The summed E-state index contributed by atoms with van der Waals surface area (Å²) in [7, 11) is 1.45. The molecule has 1 N–H and O–H groups in total. The third-order valence-corrected chi connectivity index (χ3v) is 3.66. The van der Waals surface area contributed by atoms with Gasteiger partial charge >= 0.3 is 11.8 Å². The van der Waals surface area contributed by atoms with Crippen LogP contribution in [0.1, 0.15) is 5.56 Å². The van der Waals surface area contributed by atoms with E-state index in [0.29, 0.717) is 11.6 Å². The molecule has 2 aromatic rings. The molecule has 0 unspecified atom stereocenters. The van der Waals surface area contributed by atoms with Crippen LogP contribution in [-0.4, -0.2) is 30.5 Å². The summed E-state index contributed by atoms with van der Waals surface area (Å²) in [6.07, 6.45) is 1.56. The van der Waals surface area contributed by atoms with Gasteiger partial charge in [-0.25, -0.2) is 13.8 Å². The number of pyridine rings is 1. The van der Waals surface area contributed by atoms with E-state index in [2.05, 4.69) is 10.3 Å². The molecule has 6 nitrogen and oxygen atoms in total. The molecule has 2 amide bonds. The SMILES string of the molecule is COc1ccc(NC(=O)C(=O)N2CCc3c(F)cc(F)cc32)cn1. The summed E-state index contributed by atoms with van der Waals surface area (Å²) in [4.78, 5) is 29.3. The molecule has 1 aromatic carbocycles. The number of halogens is 2. The van der Waals surface area contributed by atoms with Crippen molar-refractivity contribution in [1.82, 2.24) is 4.98 Å². The fourth-order valence-corrected chi connectivity index (χ4v) is 2.52. The lowest BCUT2D eigenvalue weighted by Gasteiger charge is -2.17. The van der Waals surface area contributed by atoms with Crippen LogP contribution in [0, 0.1) is 11.6 Å². The van der Waals surface area contributed by atoms with Crippen molar-refractivity contribution in [3.63, 3.8) is 0 Å². The number of benzene rings is 1. The first kappa shape index (κ1) is 15.9. The Bertz CT molecular complexity index is 809. The molecule has 0 spiro atoms. The van der Waals surface area contributed by atoms with E-state index < -0.39 is 23.4 Å². The predicted octanol–water partition coefficient (Wildman–Crippen LogP) is 1.90. The van der Waals surface area contributed by atoms with Crippen molar-refractivity contribution in [2.75, 3.05) is 23.9 Å². The molecule has 0 radical (unpaired) electrons. The number of anilines is 2. The van der Waals surface area contributed by atoms with Gasteiger partial charge in [-0.05, 0) is 18.6 Å². The summed E-state index contributed by atoms with van der Waals surface area (Å²) in [6, 6.07) is 4.85. The third kappa shape index (κ3) is 2.90. The molecule has 2 heterocycles. The monoisotopic (exact) mass is 333 g/mol. The maximum Gasteiger partial charge on any atom is 0.316 e. The fraction of sp³-hybridized carbons (Fsp3) is 0.188. The van der Waals surface area contributed by atoms with E-state index in [1.165, 1.54) is 25.4 Å². The van der Waals surface area contributed by atoms with Crippen LogP contribution in [0.4, 0.5) is 20.2 Å². The Kier molecular flexibility index (Phi) is 4.11. The van der Waals surface area contributed by atoms with Gasteiger partial charge in [0, 0.05) is 24.2 Å². The molecule has 1 aliphatic rings. The number of carbonyl (C=O) groups is 2. The summed E-state index contributed by atoms with van der Waals surface area (Å²) < 4.78 is 32.0. The van der Waals surface area contributed by atoms with Crippen LogP contribution in [0.2, 0.25) is 0 Å². The predicted molar refractivity (Wildman–Crippen MR) is 81.8 cm³/mol. The quantitative estimate of drug-likeness (QED) is 0.852. The van der Waals surface area contributed by atoms with Gasteiger partial charge in [-0.2, -0.15) is 0 Å². The van der Waals surface area contributed by atoms with Gasteiger partial charge in [-0.1, -0.05) is 0 Å². The average molecular weight is 333 g/mol. The maximum atomic E-state index is 13.7. The highest BCUT2D eigenvalue weighted by atomic mass is 19.1. The van der Waals surface area contributed by atoms with Gasteiger partial charge in [0.2, 0.25) is 5.88 Å². The van der Waals surface area contributed by atoms with E-state index >= 15 is 0 Å². The van der Waals surface area contributed by atoms with Gasteiger partial charge < -0.3 is 15.0 Å². The molecule has 8 heteroatoms. The van der Waals surface area contributed by atoms with E-state index in [4.69, 9.17) is 4.74 Å². The molecule has 0 atom stereocenters. The number of aromatic nitrogens is 1. The number of rotatable bonds is 2. The number of ether oxygens (including phenoxy) is 1. The lowest BCUT2D eigenvalue weighted by atomic mass is 10.1. The van der Waals surface area contributed by atoms with Gasteiger partial charge in [-0.3, -0.25) is 9.59 Å². The smallest absolute Gasteiger partial charge is 0.316 e. The highest BCUT2D eigenvalue weighted by Crippen LogP contribution is 2.31. The van der Waals surface area contributed by atoms with Crippen LogP contribution in [0.5, 0.6) is 5.88 Å². The Morgan fingerprint density at radius 1 is 1.29 bits per heavy atom. The zero-order chi connectivity index (χ0) is 17.3. The molecule has 0 saturated heterocycles. The summed E-state index contributed by atoms with van der Waals surface area (Å²) >= 11 is 0. The van der Waals surface area contributed by atoms with Crippen molar-refractivity contribution in [3.05, 3.63) is 47.7 Å². The minimum absolute atomic E-state index is 0.0838. The number of amides is 2. The number of hydrogen-bond donors (Lipinski definition) is 1. The fourth-order valence-electron chi connectivity index (χ4n) is 2.52. The largest absolute Gasteiger partial charge is 0.481 e. The van der Waals surface area contributed by atoms with Crippen molar-refractivity contribution < 1.29 is 23.1 Å². The van der Waals surface area contributed by atoms with E-state index in [0.717, 1.165) is 17.0 Å². The average Bonchev–Trinajstić information content (AvgIpc) is 2.98. The zero-order valence-corrected chi connectivity index (χ0v) is 12.7. The lowest BCUT2D eigenvalue weighted by Crippen LogP contribution is -2.38. The maximum absolute atomic E-state index is 13.7. The summed E-state index contributed by atoms with van der Waals surface area (Å²) in [5.74, 6) is -2.97. The Balaban J connectivity index is 1.77. The molecule has 0 fully saturated rings. The van der Waals surface area contributed by atoms with Gasteiger partial charge in [0.05, 0.1) is 24.7 Å². The molecule has 24 heavy (non-hydrogen) atoms. The summed E-state index contributed by atoms with van der Waals surface area (Å²) in [5.41, 5.74) is 0.614. The summed E-state index contributed by atoms with van der Waals surface area (Å²) in [6.45, 7) is 0.114. The van der Waals surface area contributed by atoms with Crippen LogP contribution in [0.25, 0.3) is 0 Å². The van der Waals surface area contributed by atoms with Crippen LogP contribution >= 0.6 is 0 Å². The number of carbonyl (C=O) groups excluding carboxylic acids is 2. The van der Waals surface area contributed by atoms with Gasteiger partial charge in [-0.15, -0.1) is 0 Å². The van der Waals surface area contributed by atoms with Gasteiger partial charge in [0.1, 0.15) is 11.6 Å². The van der Waals surface area contributed by atoms with Crippen molar-refractivity contribution in [1.29, 1.82) is 0 Å². The second kappa shape index (κ2) is 6.23. The first-order valence-corrected chi connectivity index (χ1v) is 7.10. The van der Waals surface area contributed by atoms with Crippen molar-refractivity contribution >= 4 is 23.2 Å². The summed E-state index contributed by atoms with van der Waals surface area (Å²) in [5, 5.41) is 2.39. The zero-order valence-electron chi connectivity index (χ0n) is 12.7. The van der Waals surface area contributed by atoms with Crippen LogP contribution in [0.3, 0.4) is 0 Å². The van der Waals surface area contributed by atoms with Crippen molar-refractivity contribution in [2.24, 2.45) is 0 Å². The number of fused-ring (bicyclic) bond motifs is 1. The van der Waals surface area contributed by atoms with E-state index in [1.807, 2.05) is 0 Å². The normalized spacial score (nSPS) is 12.7. The molecule has 0 saturated carbocycles. The number of nitrogens with zero attached hydrogens (tertiary/aromatic N) is 2. The van der Waals surface area contributed by atoms with Crippen molar-refractivity contribution in [2.45, 2.75) is 6.42 Å². The van der Waals surface area contributed by atoms with Gasteiger partial charge in [0.15, 0.2) is 0 Å². The number of hydrogen-bond acceptors (Lipinski definition) is 4. The molecule has 0 bridgehead atoms. The Hall–Kier alpha value is -3.03. The second-order valence-electron chi connectivity index (χ2n) is 5.14. The van der Waals surface area contributed by atoms with Crippen LogP contribution < -0.4 is 15.0 Å². The second-order valence-corrected chi connectivity index (χ2v) is 5.14. The Labute approximate surface area is 136 Å². The Morgan fingerprint density at radius 3 is 2.75 bits per heavy atom. The van der Waals surface area contributed by atoms with E-state index in [1.54, 1.807) is 0 Å². The van der Waals surface area contributed by atoms with E-state index in [-0.39, 0.29) is 24.2 Å². The molecule has 0 aliphatic carbocycles. The Morgan fingerprint density at radius 2 is 2.08 bits per heavy atom. The first-order chi connectivity index (χ1) is 11.5. The minimum atomic E-state index is -0.917. The molecule has 1 aliphatic heterocycles. The van der Waals surface area contributed by atoms with E-state index in [9.17, 15) is 18.4 Å². The highest BCUT2D eigenvalue weighted by Gasteiger charge is 2.31.